The fourth-order valence-electron chi connectivity index (χ4n) is 2.96. The molecule has 0 fully saturated rings. The van der Waals surface area contributed by atoms with E-state index in [1.165, 1.54) is 77.0 Å². The Morgan fingerprint density at radius 1 is 0.471 bits per heavy atom. The molecule has 0 radical (unpaired) electrons. The first-order valence-corrected chi connectivity index (χ1v) is 8.24. The summed E-state index contributed by atoms with van der Waals surface area (Å²) in [7, 11) is 0. The Morgan fingerprint density at radius 2 is 0.706 bits per heavy atom. The first-order chi connectivity index (χ1) is 8.24. The third-order valence-corrected chi connectivity index (χ3v) is 4.24. The molecule has 0 aromatic heterocycles. The Hall–Kier alpha value is 0. The second kappa shape index (κ2) is 11.1. The molecule has 0 heteroatoms. The average molecular weight is 240 g/mol. The van der Waals surface area contributed by atoms with E-state index in [4.69, 9.17) is 0 Å². The number of rotatable bonds is 12. The van der Waals surface area contributed by atoms with Gasteiger partial charge in [0.2, 0.25) is 0 Å². The van der Waals surface area contributed by atoms with Crippen LogP contribution in [0.5, 0.6) is 0 Å². The van der Waals surface area contributed by atoms with Gasteiger partial charge in [-0.1, -0.05) is 79.1 Å². The molecule has 104 valence electrons. The van der Waals surface area contributed by atoms with Crippen molar-refractivity contribution >= 4 is 0 Å². The van der Waals surface area contributed by atoms with E-state index in [1.54, 1.807) is 0 Å². The zero-order valence-corrected chi connectivity index (χ0v) is 13.0. The Bertz CT molecular complexity index is 111. The van der Waals surface area contributed by atoms with Crippen LogP contribution in [0.3, 0.4) is 0 Å². The Kier molecular flexibility index (Phi) is 11.1. The molecule has 0 aliphatic rings. The maximum atomic E-state index is 2.34. The molecule has 0 spiro atoms. The summed E-state index contributed by atoms with van der Waals surface area (Å²) in [5, 5.41) is 0. The van der Waals surface area contributed by atoms with Gasteiger partial charge in [0.1, 0.15) is 0 Å². The van der Waals surface area contributed by atoms with Crippen LogP contribution in [0, 0.1) is 5.41 Å². The van der Waals surface area contributed by atoms with Crippen molar-refractivity contribution in [2.24, 2.45) is 5.41 Å². The molecule has 0 saturated heterocycles. The summed E-state index contributed by atoms with van der Waals surface area (Å²) in [5.74, 6) is 0. The van der Waals surface area contributed by atoms with Gasteiger partial charge in [0.25, 0.3) is 0 Å². The van der Waals surface area contributed by atoms with E-state index in [0.717, 1.165) is 0 Å². The predicted octanol–water partition coefficient (Wildman–Crippen LogP) is 6.73. The van der Waals surface area contributed by atoms with Gasteiger partial charge in [-0.2, -0.15) is 0 Å². The lowest BCUT2D eigenvalue weighted by molar-refractivity contribution is 0.177. The highest BCUT2D eigenvalue weighted by Crippen LogP contribution is 2.41. The molecule has 0 unspecified atom stereocenters. The van der Waals surface area contributed by atoms with Crippen LogP contribution in [-0.2, 0) is 0 Å². The van der Waals surface area contributed by atoms with Crippen LogP contribution in [0.2, 0.25) is 0 Å². The highest BCUT2D eigenvalue weighted by molar-refractivity contribution is 4.79. The van der Waals surface area contributed by atoms with Gasteiger partial charge in [-0.3, -0.25) is 0 Å². The van der Waals surface area contributed by atoms with E-state index in [1.807, 2.05) is 0 Å². The lowest BCUT2D eigenvalue weighted by atomic mass is 9.71. The van der Waals surface area contributed by atoms with Gasteiger partial charge < -0.3 is 0 Å². The van der Waals surface area contributed by atoms with Crippen LogP contribution < -0.4 is 0 Å². The van der Waals surface area contributed by atoms with Gasteiger partial charge in [-0.15, -0.1) is 0 Å². The minimum absolute atomic E-state index is 0.706. The Labute approximate surface area is 111 Å². The summed E-state index contributed by atoms with van der Waals surface area (Å²) in [6.45, 7) is 9.35. The van der Waals surface area contributed by atoms with Crippen LogP contribution in [0.1, 0.15) is 105 Å². The standard InChI is InChI=1S/C17H36/c1-5-9-13-17(14-10-6-2,15-11-7-3)16-12-8-4/h5-16H2,1-4H3. The van der Waals surface area contributed by atoms with Gasteiger partial charge in [0, 0.05) is 0 Å². The first-order valence-electron chi connectivity index (χ1n) is 8.24. The summed E-state index contributed by atoms with van der Waals surface area (Å²) >= 11 is 0. The van der Waals surface area contributed by atoms with E-state index in [-0.39, 0.29) is 0 Å². The van der Waals surface area contributed by atoms with E-state index in [0.29, 0.717) is 5.41 Å². The third-order valence-electron chi connectivity index (χ3n) is 4.24. The molecule has 17 heavy (non-hydrogen) atoms. The summed E-state index contributed by atoms with van der Waals surface area (Å²) in [6, 6.07) is 0. The number of hydrogen-bond donors (Lipinski definition) is 0. The fourth-order valence-corrected chi connectivity index (χ4v) is 2.96. The molecular weight excluding hydrogens is 204 g/mol. The van der Waals surface area contributed by atoms with Gasteiger partial charge in [0.05, 0.1) is 0 Å². The third kappa shape index (κ3) is 7.84. The van der Waals surface area contributed by atoms with Crippen molar-refractivity contribution in [2.45, 2.75) is 105 Å². The maximum Gasteiger partial charge on any atom is -0.0297 e. The van der Waals surface area contributed by atoms with Crippen molar-refractivity contribution in [3.63, 3.8) is 0 Å². The van der Waals surface area contributed by atoms with Crippen molar-refractivity contribution in [3.8, 4) is 0 Å². The van der Waals surface area contributed by atoms with Gasteiger partial charge >= 0.3 is 0 Å². The minimum atomic E-state index is 0.706. The van der Waals surface area contributed by atoms with Crippen LogP contribution in [-0.4, -0.2) is 0 Å². The summed E-state index contributed by atoms with van der Waals surface area (Å²) in [5.41, 5.74) is 0.706. The molecule has 0 heterocycles. The molecule has 0 aromatic rings. The Morgan fingerprint density at radius 3 is 0.882 bits per heavy atom. The van der Waals surface area contributed by atoms with E-state index in [9.17, 15) is 0 Å². The molecule has 0 amide bonds. The van der Waals surface area contributed by atoms with E-state index >= 15 is 0 Å². The van der Waals surface area contributed by atoms with Gasteiger partial charge in [0.15, 0.2) is 0 Å². The largest absolute Gasteiger partial charge is 0.0654 e. The normalized spacial score (nSPS) is 12.0. The topological polar surface area (TPSA) is 0 Å². The summed E-state index contributed by atoms with van der Waals surface area (Å²) in [6.07, 6.45) is 17.2. The van der Waals surface area contributed by atoms with Crippen LogP contribution >= 0.6 is 0 Å². The quantitative estimate of drug-likeness (QED) is 0.354. The molecule has 0 N–H and O–H groups in total. The van der Waals surface area contributed by atoms with Crippen molar-refractivity contribution in [1.82, 2.24) is 0 Å². The van der Waals surface area contributed by atoms with Crippen LogP contribution in [0.4, 0.5) is 0 Å². The molecule has 0 saturated carbocycles. The zero-order valence-electron chi connectivity index (χ0n) is 13.0. The lowest BCUT2D eigenvalue weighted by Crippen LogP contribution is -2.21. The average Bonchev–Trinajstić information content (AvgIpc) is 2.37. The van der Waals surface area contributed by atoms with Crippen molar-refractivity contribution in [3.05, 3.63) is 0 Å². The smallest absolute Gasteiger partial charge is 0.0297 e. The molecule has 0 aliphatic heterocycles. The van der Waals surface area contributed by atoms with E-state index < -0.39 is 0 Å². The summed E-state index contributed by atoms with van der Waals surface area (Å²) < 4.78 is 0. The second-order valence-corrected chi connectivity index (χ2v) is 5.91. The highest BCUT2D eigenvalue weighted by atomic mass is 14.3. The lowest BCUT2D eigenvalue weighted by Gasteiger charge is -2.34. The molecule has 0 rings (SSSR count). The summed E-state index contributed by atoms with van der Waals surface area (Å²) in [4.78, 5) is 0. The molecule has 0 bridgehead atoms. The molecular formula is C17H36. The molecule has 0 aliphatic carbocycles. The second-order valence-electron chi connectivity index (χ2n) is 5.91. The maximum absolute atomic E-state index is 2.34. The van der Waals surface area contributed by atoms with Crippen molar-refractivity contribution in [1.29, 1.82) is 0 Å². The van der Waals surface area contributed by atoms with Crippen molar-refractivity contribution in [2.75, 3.05) is 0 Å². The number of hydrogen-bond acceptors (Lipinski definition) is 0. The fraction of sp³-hybridized carbons (Fsp3) is 1.00. The van der Waals surface area contributed by atoms with Crippen LogP contribution in [0.25, 0.3) is 0 Å². The van der Waals surface area contributed by atoms with Crippen LogP contribution in [0.15, 0.2) is 0 Å². The predicted molar refractivity (Wildman–Crippen MR) is 80.5 cm³/mol. The molecule has 0 nitrogen and oxygen atoms in total. The molecule has 0 aromatic carbocycles. The van der Waals surface area contributed by atoms with Gasteiger partial charge in [-0.25, -0.2) is 0 Å². The minimum Gasteiger partial charge on any atom is -0.0654 e. The van der Waals surface area contributed by atoms with E-state index in [2.05, 4.69) is 27.7 Å². The first kappa shape index (κ1) is 17.0. The highest BCUT2D eigenvalue weighted by Gasteiger charge is 2.27. The monoisotopic (exact) mass is 240 g/mol. The molecule has 0 atom stereocenters. The zero-order chi connectivity index (χ0) is 13.0. The SMILES string of the molecule is CCCCC(CCCC)(CCCC)CCCC. The Balaban J connectivity index is 4.39. The van der Waals surface area contributed by atoms with Crippen molar-refractivity contribution < 1.29 is 0 Å². The number of unbranched alkanes of at least 4 members (excludes halogenated alkanes) is 4. The van der Waals surface area contributed by atoms with Gasteiger partial charge in [-0.05, 0) is 31.1 Å².